The average molecular weight is 280 g/mol. The van der Waals surface area contributed by atoms with E-state index in [1.165, 1.54) is 0 Å². The maximum absolute atomic E-state index is 13.2. The van der Waals surface area contributed by atoms with Gasteiger partial charge in [-0.15, -0.1) is 0 Å². The molecule has 1 saturated heterocycles. The molecular formula is C11H15ClFNO4. The summed E-state index contributed by atoms with van der Waals surface area (Å²) in [4.78, 5) is 35.2. The van der Waals surface area contributed by atoms with Crippen LogP contribution in [0.25, 0.3) is 0 Å². The summed E-state index contributed by atoms with van der Waals surface area (Å²) in [5.74, 6) is -2.15. The van der Waals surface area contributed by atoms with E-state index >= 15 is 0 Å². The molecule has 0 aromatic rings. The van der Waals surface area contributed by atoms with Gasteiger partial charge in [0, 0.05) is 6.42 Å². The molecule has 18 heavy (non-hydrogen) atoms. The summed E-state index contributed by atoms with van der Waals surface area (Å²) >= 11 is 5.27. The zero-order valence-electron chi connectivity index (χ0n) is 10.4. The summed E-state index contributed by atoms with van der Waals surface area (Å²) in [6, 6.07) is -1.10. The van der Waals surface area contributed by atoms with Crippen LogP contribution in [0.3, 0.4) is 0 Å². The second-order valence-corrected chi connectivity index (χ2v) is 5.48. The lowest BCUT2D eigenvalue weighted by Gasteiger charge is -2.24. The van der Waals surface area contributed by atoms with Gasteiger partial charge in [0.05, 0.1) is 6.54 Å². The Morgan fingerprint density at radius 3 is 2.33 bits per heavy atom. The van der Waals surface area contributed by atoms with Crippen LogP contribution in [0, 0.1) is 0 Å². The van der Waals surface area contributed by atoms with E-state index in [0.29, 0.717) is 0 Å². The van der Waals surface area contributed by atoms with Gasteiger partial charge in [0.25, 0.3) is 0 Å². The average Bonchev–Trinajstić information content (AvgIpc) is 2.56. The molecule has 0 bridgehead atoms. The largest absolute Gasteiger partial charge is 0.453 e. The molecule has 5 nitrogen and oxygen atoms in total. The van der Waals surface area contributed by atoms with Crippen molar-refractivity contribution >= 4 is 28.7 Å². The first-order valence-corrected chi connectivity index (χ1v) is 5.87. The van der Waals surface area contributed by atoms with Crippen LogP contribution >= 0.6 is 11.6 Å². The number of carbonyl (C=O) groups is 3. The van der Waals surface area contributed by atoms with Crippen molar-refractivity contribution in [2.75, 3.05) is 6.54 Å². The molecule has 1 aliphatic heterocycles. The first-order valence-electron chi connectivity index (χ1n) is 5.49. The number of alkyl halides is 1. The quantitative estimate of drug-likeness (QED) is 0.409. The molecular weight excluding hydrogens is 265 g/mol. The van der Waals surface area contributed by atoms with Crippen molar-refractivity contribution in [2.45, 2.75) is 45.0 Å². The summed E-state index contributed by atoms with van der Waals surface area (Å²) in [5, 5.41) is -0.855. The van der Waals surface area contributed by atoms with Crippen molar-refractivity contribution in [1.82, 2.24) is 4.90 Å². The number of likely N-dealkylation sites (tertiary alicyclic amines) is 1. The number of hydrogen-bond donors (Lipinski definition) is 0. The maximum Gasteiger partial charge on any atom is 0.397 e. The highest BCUT2D eigenvalue weighted by Crippen LogP contribution is 2.23. The summed E-state index contributed by atoms with van der Waals surface area (Å²) in [7, 11) is 0. The lowest BCUT2D eigenvalue weighted by Crippen LogP contribution is -2.45. The van der Waals surface area contributed by atoms with E-state index in [1.54, 1.807) is 20.8 Å². The second-order valence-electron chi connectivity index (χ2n) is 5.11. The number of ether oxygens (including phenoxy) is 1. The van der Waals surface area contributed by atoms with Crippen LogP contribution < -0.4 is 0 Å². The van der Waals surface area contributed by atoms with Gasteiger partial charge in [0.2, 0.25) is 5.24 Å². The van der Waals surface area contributed by atoms with Crippen molar-refractivity contribution in [3.05, 3.63) is 0 Å². The van der Waals surface area contributed by atoms with Crippen LogP contribution in [0.4, 0.5) is 4.39 Å². The van der Waals surface area contributed by atoms with Gasteiger partial charge in [-0.3, -0.25) is 9.59 Å². The normalized spacial score (nSPS) is 23.9. The zero-order valence-corrected chi connectivity index (χ0v) is 11.2. The Labute approximate surface area is 109 Å². The van der Waals surface area contributed by atoms with Gasteiger partial charge in [-0.2, -0.15) is 0 Å². The van der Waals surface area contributed by atoms with Crippen molar-refractivity contribution in [3.8, 4) is 0 Å². The molecule has 2 atom stereocenters. The molecule has 0 aliphatic carbocycles. The van der Waals surface area contributed by atoms with Crippen LogP contribution in [0.1, 0.15) is 27.2 Å². The van der Waals surface area contributed by atoms with Gasteiger partial charge in [0.15, 0.2) is 0 Å². The highest BCUT2D eigenvalue weighted by molar-refractivity contribution is 6.65. The predicted molar refractivity (Wildman–Crippen MR) is 61.7 cm³/mol. The van der Waals surface area contributed by atoms with Crippen molar-refractivity contribution in [2.24, 2.45) is 0 Å². The third-order valence-electron chi connectivity index (χ3n) is 2.35. The van der Waals surface area contributed by atoms with E-state index in [2.05, 4.69) is 0 Å². The van der Waals surface area contributed by atoms with Crippen LogP contribution in [0.15, 0.2) is 0 Å². The fraction of sp³-hybridized carbons (Fsp3) is 0.727. The van der Waals surface area contributed by atoms with Crippen molar-refractivity contribution in [3.63, 3.8) is 0 Å². The number of carbonyl (C=O) groups excluding carboxylic acids is 3. The Balaban J connectivity index is 2.77. The highest BCUT2D eigenvalue weighted by Gasteiger charge is 2.42. The van der Waals surface area contributed by atoms with Crippen LogP contribution in [-0.4, -0.2) is 46.4 Å². The first-order chi connectivity index (χ1) is 8.11. The number of amides is 1. The summed E-state index contributed by atoms with van der Waals surface area (Å²) in [6.45, 7) is 4.49. The van der Waals surface area contributed by atoms with Gasteiger partial charge < -0.3 is 9.64 Å². The third-order valence-corrected chi connectivity index (χ3v) is 2.60. The standard InChI is InChI=1S/C11H15ClFNO4/c1-11(2,3)18-10(17)9(16)14-5-6(13)4-7(14)8(12)15/h6-7H,4-5H2,1-3H3/t6-,7+/m1/s1. The Morgan fingerprint density at radius 1 is 1.33 bits per heavy atom. The number of halogens is 2. The summed E-state index contributed by atoms with van der Waals surface area (Å²) in [5.41, 5.74) is -0.831. The zero-order chi connectivity index (χ0) is 14.1. The lowest BCUT2D eigenvalue weighted by molar-refractivity contribution is -0.168. The van der Waals surface area contributed by atoms with E-state index in [9.17, 15) is 18.8 Å². The van der Waals surface area contributed by atoms with E-state index < -0.39 is 34.9 Å². The number of esters is 1. The number of hydrogen-bond acceptors (Lipinski definition) is 4. The predicted octanol–water partition coefficient (Wildman–Crippen LogP) is 1.03. The van der Waals surface area contributed by atoms with Gasteiger partial charge in [-0.25, -0.2) is 9.18 Å². The van der Waals surface area contributed by atoms with Crippen LogP contribution in [-0.2, 0) is 19.1 Å². The fourth-order valence-corrected chi connectivity index (χ4v) is 1.87. The molecule has 0 saturated carbocycles. The van der Waals surface area contributed by atoms with Crippen molar-refractivity contribution < 1.29 is 23.5 Å². The molecule has 0 radical (unpaired) electrons. The van der Waals surface area contributed by atoms with Gasteiger partial charge in [-0.1, -0.05) is 0 Å². The minimum atomic E-state index is -1.36. The number of nitrogens with zero attached hydrogens (tertiary/aromatic N) is 1. The molecule has 1 aliphatic rings. The Morgan fingerprint density at radius 2 is 1.89 bits per heavy atom. The molecule has 1 rings (SSSR count). The minimum absolute atomic E-state index is 0.184. The molecule has 0 N–H and O–H groups in total. The van der Waals surface area contributed by atoms with E-state index in [4.69, 9.17) is 16.3 Å². The third kappa shape index (κ3) is 3.66. The number of rotatable bonds is 1. The SMILES string of the molecule is CC(C)(C)OC(=O)C(=O)N1C[C@H](F)C[C@H]1C(=O)Cl. The lowest BCUT2D eigenvalue weighted by atomic mass is 10.2. The van der Waals surface area contributed by atoms with Gasteiger partial charge in [-0.05, 0) is 32.4 Å². The molecule has 0 aromatic carbocycles. The van der Waals surface area contributed by atoms with Crippen LogP contribution in [0.5, 0.6) is 0 Å². The Hall–Kier alpha value is -1.17. The second kappa shape index (κ2) is 5.22. The molecule has 1 amide bonds. The van der Waals surface area contributed by atoms with Gasteiger partial charge in [0.1, 0.15) is 17.8 Å². The molecule has 1 heterocycles. The minimum Gasteiger partial charge on any atom is -0.453 e. The van der Waals surface area contributed by atoms with E-state index in [1.807, 2.05) is 0 Å². The van der Waals surface area contributed by atoms with E-state index in [0.717, 1.165) is 4.90 Å². The molecule has 102 valence electrons. The smallest absolute Gasteiger partial charge is 0.397 e. The Kier molecular flexibility index (Phi) is 4.32. The fourth-order valence-electron chi connectivity index (χ4n) is 1.66. The van der Waals surface area contributed by atoms with Crippen LogP contribution in [0.2, 0.25) is 0 Å². The van der Waals surface area contributed by atoms with Crippen molar-refractivity contribution in [1.29, 1.82) is 0 Å². The molecule has 0 unspecified atom stereocenters. The first kappa shape index (κ1) is 14.9. The monoisotopic (exact) mass is 279 g/mol. The highest BCUT2D eigenvalue weighted by atomic mass is 35.5. The molecule has 0 spiro atoms. The summed E-state index contributed by atoms with van der Waals surface area (Å²) < 4.78 is 18.1. The molecule has 1 fully saturated rings. The maximum atomic E-state index is 13.2. The molecule has 0 aromatic heterocycles. The van der Waals surface area contributed by atoms with Gasteiger partial charge >= 0.3 is 11.9 Å². The van der Waals surface area contributed by atoms with E-state index in [-0.39, 0.29) is 13.0 Å². The summed E-state index contributed by atoms with van der Waals surface area (Å²) in [6.07, 6.45) is -1.54. The Bertz CT molecular complexity index is 380. The molecule has 7 heteroatoms. The topological polar surface area (TPSA) is 63.7 Å².